The Morgan fingerprint density at radius 3 is 2.25 bits per heavy atom. The Labute approximate surface area is 169 Å². The predicted octanol–water partition coefficient (Wildman–Crippen LogP) is 7.42. The van der Waals surface area contributed by atoms with Crippen molar-refractivity contribution in [3.8, 4) is 5.75 Å². The standard InChI is InChI=1S/C25H36F2O/c1-4-6-17-7-9-18(10-8-17)19-13-25(14-19)15-24(3,16-25)20-11-12-21(28-5-2)23(27)22(20)26/h11-12,17-19H,4-10,13-16H2,1-3H3. The number of ether oxygens (including phenoxy) is 1. The van der Waals surface area contributed by atoms with E-state index in [1.165, 1.54) is 51.4 Å². The van der Waals surface area contributed by atoms with Gasteiger partial charge in [-0.2, -0.15) is 4.39 Å². The molecule has 3 aliphatic carbocycles. The molecule has 0 heterocycles. The second-order valence-electron chi connectivity index (χ2n) is 10.3. The Hall–Kier alpha value is -1.12. The Kier molecular flexibility index (Phi) is 5.48. The van der Waals surface area contributed by atoms with Crippen LogP contribution < -0.4 is 4.74 Å². The molecule has 4 rings (SSSR count). The lowest BCUT2D eigenvalue weighted by atomic mass is 9.40. The van der Waals surface area contributed by atoms with Crippen LogP contribution in [-0.4, -0.2) is 6.61 Å². The van der Waals surface area contributed by atoms with Crippen LogP contribution in [0.1, 0.15) is 90.5 Å². The minimum absolute atomic E-state index is 0.0313. The molecule has 0 aliphatic heterocycles. The van der Waals surface area contributed by atoms with E-state index < -0.39 is 11.6 Å². The van der Waals surface area contributed by atoms with Gasteiger partial charge in [-0.3, -0.25) is 0 Å². The fraction of sp³-hybridized carbons (Fsp3) is 0.760. The smallest absolute Gasteiger partial charge is 0.200 e. The van der Waals surface area contributed by atoms with Crippen molar-refractivity contribution in [2.24, 2.45) is 23.2 Å². The highest BCUT2D eigenvalue weighted by Crippen LogP contribution is 2.68. The minimum Gasteiger partial charge on any atom is -0.491 e. The summed E-state index contributed by atoms with van der Waals surface area (Å²) in [5.74, 6) is 1.29. The summed E-state index contributed by atoms with van der Waals surface area (Å²) >= 11 is 0. The number of hydrogen-bond acceptors (Lipinski definition) is 1. The highest BCUT2D eigenvalue weighted by atomic mass is 19.2. The van der Waals surface area contributed by atoms with Crippen LogP contribution in [0.4, 0.5) is 8.78 Å². The van der Waals surface area contributed by atoms with Crippen molar-refractivity contribution in [1.82, 2.24) is 0 Å². The summed E-state index contributed by atoms with van der Waals surface area (Å²) in [6, 6.07) is 3.35. The molecule has 3 aliphatic rings. The topological polar surface area (TPSA) is 9.23 Å². The van der Waals surface area contributed by atoms with Crippen LogP contribution >= 0.6 is 0 Å². The minimum atomic E-state index is -0.822. The molecule has 0 radical (unpaired) electrons. The van der Waals surface area contributed by atoms with Gasteiger partial charge >= 0.3 is 0 Å². The molecule has 3 saturated carbocycles. The van der Waals surface area contributed by atoms with Gasteiger partial charge in [0, 0.05) is 0 Å². The van der Waals surface area contributed by atoms with Crippen molar-refractivity contribution in [2.75, 3.05) is 6.61 Å². The first-order chi connectivity index (χ1) is 13.4. The molecule has 0 unspecified atom stereocenters. The van der Waals surface area contributed by atoms with Crippen molar-refractivity contribution >= 4 is 0 Å². The predicted molar refractivity (Wildman–Crippen MR) is 110 cm³/mol. The van der Waals surface area contributed by atoms with Gasteiger partial charge in [0.15, 0.2) is 11.6 Å². The summed E-state index contributed by atoms with van der Waals surface area (Å²) in [5, 5.41) is 0. The molecule has 1 nitrogen and oxygen atoms in total. The van der Waals surface area contributed by atoms with Gasteiger partial charge in [0.2, 0.25) is 5.82 Å². The largest absolute Gasteiger partial charge is 0.491 e. The van der Waals surface area contributed by atoms with Crippen LogP contribution in [0, 0.1) is 34.8 Å². The zero-order valence-corrected chi connectivity index (χ0v) is 17.8. The van der Waals surface area contributed by atoms with E-state index in [1.807, 2.05) is 0 Å². The van der Waals surface area contributed by atoms with Crippen LogP contribution in [0.25, 0.3) is 0 Å². The van der Waals surface area contributed by atoms with E-state index in [0.717, 1.165) is 30.6 Å². The molecule has 0 aromatic heterocycles. The molecule has 0 atom stereocenters. The van der Waals surface area contributed by atoms with Gasteiger partial charge < -0.3 is 4.74 Å². The second kappa shape index (κ2) is 7.61. The zero-order chi connectivity index (χ0) is 19.9. The summed E-state index contributed by atoms with van der Waals surface area (Å²) in [6.45, 7) is 6.54. The maximum absolute atomic E-state index is 14.7. The van der Waals surface area contributed by atoms with E-state index in [4.69, 9.17) is 4.74 Å². The molecule has 0 N–H and O–H groups in total. The van der Waals surface area contributed by atoms with Gasteiger partial charge in [0.25, 0.3) is 0 Å². The zero-order valence-electron chi connectivity index (χ0n) is 17.8. The third-order valence-corrected chi connectivity index (χ3v) is 8.17. The van der Waals surface area contributed by atoms with E-state index in [2.05, 4.69) is 13.8 Å². The highest BCUT2D eigenvalue weighted by Gasteiger charge is 2.60. The Morgan fingerprint density at radius 2 is 1.64 bits per heavy atom. The van der Waals surface area contributed by atoms with Gasteiger partial charge in [-0.1, -0.05) is 45.6 Å². The fourth-order valence-corrected chi connectivity index (χ4v) is 7.09. The van der Waals surface area contributed by atoms with Gasteiger partial charge in [-0.15, -0.1) is 0 Å². The Balaban J connectivity index is 1.33. The first kappa shape index (κ1) is 20.2. The van der Waals surface area contributed by atoms with E-state index in [1.54, 1.807) is 19.1 Å². The Morgan fingerprint density at radius 1 is 0.964 bits per heavy atom. The van der Waals surface area contributed by atoms with E-state index >= 15 is 0 Å². The number of rotatable bonds is 6. The summed E-state index contributed by atoms with van der Waals surface area (Å²) in [7, 11) is 0. The van der Waals surface area contributed by atoms with Crippen molar-refractivity contribution in [1.29, 1.82) is 0 Å². The molecule has 3 fully saturated rings. The molecule has 1 aromatic carbocycles. The fourth-order valence-electron chi connectivity index (χ4n) is 7.09. The lowest BCUT2D eigenvalue weighted by Crippen LogP contribution is -2.56. The highest BCUT2D eigenvalue weighted by molar-refractivity contribution is 5.38. The van der Waals surface area contributed by atoms with Crippen molar-refractivity contribution < 1.29 is 13.5 Å². The SMILES string of the molecule is CCCC1CCC(C2CC3(C2)CC(C)(c2ccc(OCC)c(F)c2F)C3)CC1. The molecule has 28 heavy (non-hydrogen) atoms. The van der Waals surface area contributed by atoms with Crippen molar-refractivity contribution in [2.45, 2.75) is 90.4 Å². The van der Waals surface area contributed by atoms with E-state index in [9.17, 15) is 8.78 Å². The monoisotopic (exact) mass is 390 g/mol. The average Bonchev–Trinajstić information content (AvgIpc) is 2.62. The molecular weight excluding hydrogens is 354 g/mol. The summed E-state index contributed by atoms with van der Waals surface area (Å²) in [4.78, 5) is 0. The lowest BCUT2D eigenvalue weighted by molar-refractivity contribution is -0.105. The van der Waals surface area contributed by atoms with Crippen LogP contribution in [0.15, 0.2) is 12.1 Å². The van der Waals surface area contributed by atoms with Crippen LogP contribution in [0.3, 0.4) is 0 Å². The van der Waals surface area contributed by atoms with E-state index in [0.29, 0.717) is 17.6 Å². The quantitative estimate of drug-likeness (QED) is 0.491. The Bertz CT molecular complexity index is 691. The molecule has 0 amide bonds. The maximum atomic E-state index is 14.7. The van der Waals surface area contributed by atoms with Gasteiger partial charge in [0.1, 0.15) is 0 Å². The molecule has 3 heteroatoms. The molecule has 1 aromatic rings. The third-order valence-electron chi connectivity index (χ3n) is 8.17. The van der Waals surface area contributed by atoms with Crippen LogP contribution in [0.5, 0.6) is 5.75 Å². The normalized spacial score (nSPS) is 37.4. The summed E-state index contributed by atoms with van der Waals surface area (Å²) in [5.41, 5.74) is 0.725. The second-order valence-corrected chi connectivity index (χ2v) is 10.3. The number of benzene rings is 1. The van der Waals surface area contributed by atoms with Gasteiger partial charge in [-0.25, -0.2) is 4.39 Å². The molecule has 1 spiro atoms. The molecular formula is C25H36F2O. The van der Waals surface area contributed by atoms with Crippen molar-refractivity contribution in [3.05, 3.63) is 29.3 Å². The summed E-state index contributed by atoms with van der Waals surface area (Å²) in [6.07, 6.45) is 13.1. The van der Waals surface area contributed by atoms with Crippen LogP contribution in [-0.2, 0) is 5.41 Å². The molecule has 156 valence electrons. The van der Waals surface area contributed by atoms with Gasteiger partial charge in [-0.05, 0) is 85.7 Å². The first-order valence-electron chi connectivity index (χ1n) is 11.5. The average molecular weight is 391 g/mol. The van der Waals surface area contributed by atoms with Crippen LogP contribution in [0.2, 0.25) is 0 Å². The molecule has 0 bridgehead atoms. The number of halogens is 2. The summed E-state index contributed by atoms with van der Waals surface area (Å²) < 4.78 is 34.2. The lowest BCUT2D eigenvalue weighted by Gasteiger charge is -2.64. The number of hydrogen-bond donors (Lipinski definition) is 0. The maximum Gasteiger partial charge on any atom is 0.200 e. The van der Waals surface area contributed by atoms with Gasteiger partial charge in [0.05, 0.1) is 6.61 Å². The first-order valence-corrected chi connectivity index (χ1v) is 11.5. The van der Waals surface area contributed by atoms with Crippen molar-refractivity contribution in [3.63, 3.8) is 0 Å². The van der Waals surface area contributed by atoms with E-state index in [-0.39, 0.29) is 11.2 Å². The molecule has 0 saturated heterocycles. The third kappa shape index (κ3) is 3.48.